The Labute approximate surface area is 86.5 Å². The molecule has 0 saturated heterocycles. The summed E-state index contributed by atoms with van der Waals surface area (Å²) >= 11 is 0. The van der Waals surface area contributed by atoms with E-state index in [0.717, 1.165) is 6.07 Å². The van der Waals surface area contributed by atoms with Gasteiger partial charge in [-0.25, -0.2) is 4.39 Å². The Balaban J connectivity index is 0.00000169. The predicted molar refractivity (Wildman–Crippen MR) is 52.4 cm³/mol. The van der Waals surface area contributed by atoms with Crippen LogP contribution in [0.5, 0.6) is 5.75 Å². The first-order valence-corrected chi connectivity index (χ1v) is 3.63. The van der Waals surface area contributed by atoms with Gasteiger partial charge in [-0.2, -0.15) is 4.39 Å². The van der Waals surface area contributed by atoms with E-state index in [4.69, 9.17) is 10.8 Å². The van der Waals surface area contributed by atoms with Crippen LogP contribution in [-0.4, -0.2) is 5.11 Å². The second kappa shape index (κ2) is 4.93. The number of benzene rings is 1. The van der Waals surface area contributed by atoms with Gasteiger partial charge in [0.25, 0.3) is 0 Å². The van der Waals surface area contributed by atoms with Crippen molar-refractivity contribution in [2.45, 2.75) is 6.04 Å². The first-order chi connectivity index (χ1) is 6.07. The lowest BCUT2D eigenvalue weighted by Gasteiger charge is -2.09. The van der Waals surface area contributed by atoms with Crippen LogP contribution in [0.2, 0.25) is 0 Å². The van der Waals surface area contributed by atoms with Crippen LogP contribution in [0.1, 0.15) is 11.6 Å². The second-order valence-electron chi connectivity index (χ2n) is 2.56. The average molecular weight is 222 g/mol. The molecule has 0 heterocycles. The van der Waals surface area contributed by atoms with Gasteiger partial charge in [0.05, 0.1) is 6.04 Å². The summed E-state index contributed by atoms with van der Waals surface area (Å²) < 4.78 is 25.3. The Kier molecular flexibility index (Phi) is 4.53. The molecular weight excluding hydrogens is 212 g/mol. The molecule has 0 spiro atoms. The summed E-state index contributed by atoms with van der Waals surface area (Å²) in [6.45, 7) is 3.38. The highest BCUT2D eigenvalue weighted by Crippen LogP contribution is 2.27. The van der Waals surface area contributed by atoms with E-state index in [9.17, 15) is 8.78 Å². The molecule has 0 aliphatic heterocycles. The van der Waals surface area contributed by atoms with Crippen molar-refractivity contribution in [3.05, 3.63) is 42.0 Å². The van der Waals surface area contributed by atoms with Crippen LogP contribution < -0.4 is 5.73 Å². The highest BCUT2D eigenvalue weighted by Gasteiger charge is 2.15. The molecule has 3 N–H and O–H groups in total. The number of halogens is 3. The molecule has 0 aromatic heterocycles. The van der Waals surface area contributed by atoms with Crippen LogP contribution in [0.3, 0.4) is 0 Å². The third kappa shape index (κ3) is 2.21. The molecule has 0 unspecified atom stereocenters. The maximum atomic E-state index is 12.8. The Morgan fingerprint density at radius 1 is 1.43 bits per heavy atom. The first kappa shape index (κ1) is 12.9. The van der Waals surface area contributed by atoms with Crippen molar-refractivity contribution >= 4 is 12.4 Å². The topological polar surface area (TPSA) is 46.2 Å². The molecule has 0 saturated carbocycles. The summed E-state index contributed by atoms with van der Waals surface area (Å²) in [6, 6.07) is 1.43. The zero-order valence-corrected chi connectivity index (χ0v) is 8.02. The Bertz CT molecular complexity index is 344. The number of phenols is 1. The van der Waals surface area contributed by atoms with E-state index in [0.29, 0.717) is 0 Å². The van der Waals surface area contributed by atoms with Gasteiger partial charge in [-0.1, -0.05) is 12.1 Å². The van der Waals surface area contributed by atoms with Crippen molar-refractivity contribution in [1.29, 1.82) is 0 Å². The van der Waals surface area contributed by atoms with E-state index in [2.05, 4.69) is 6.58 Å². The predicted octanol–water partition coefficient (Wildman–Crippen LogP) is 2.28. The fraction of sp³-hybridized carbons (Fsp3) is 0.111. The molecule has 1 atom stereocenters. The lowest BCUT2D eigenvalue weighted by Crippen LogP contribution is -2.07. The molecule has 78 valence electrons. The first-order valence-electron chi connectivity index (χ1n) is 3.63. The second-order valence-corrected chi connectivity index (χ2v) is 2.56. The molecule has 1 aromatic carbocycles. The SMILES string of the molecule is C=C[C@H](N)c1ccc(F)c(F)c1O.Cl. The maximum absolute atomic E-state index is 12.8. The number of hydrogen-bond acceptors (Lipinski definition) is 2. The van der Waals surface area contributed by atoms with Gasteiger partial charge in [0.2, 0.25) is 5.82 Å². The minimum absolute atomic E-state index is 0. The Morgan fingerprint density at radius 3 is 2.50 bits per heavy atom. The standard InChI is InChI=1S/C9H9F2NO.ClH/c1-2-7(12)5-3-4-6(10)8(11)9(5)13;/h2-4,7,13H,1,12H2;1H/t7-;/m0./s1. The quantitative estimate of drug-likeness (QED) is 0.753. The molecule has 1 aromatic rings. The zero-order valence-electron chi connectivity index (χ0n) is 7.21. The molecule has 14 heavy (non-hydrogen) atoms. The molecule has 2 nitrogen and oxygen atoms in total. The summed E-state index contributed by atoms with van der Waals surface area (Å²) in [5.74, 6) is -3.14. The lowest BCUT2D eigenvalue weighted by molar-refractivity contribution is 0.400. The van der Waals surface area contributed by atoms with E-state index in [1.165, 1.54) is 12.1 Å². The van der Waals surface area contributed by atoms with Crippen LogP contribution >= 0.6 is 12.4 Å². The number of aromatic hydroxyl groups is 1. The van der Waals surface area contributed by atoms with Gasteiger partial charge in [0.1, 0.15) is 0 Å². The van der Waals surface area contributed by atoms with Crippen molar-refractivity contribution in [2.75, 3.05) is 0 Å². The lowest BCUT2D eigenvalue weighted by atomic mass is 10.1. The van der Waals surface area contributed by atoms with Crippen molar-refractivity contribution in [1.82, 2.24) is 0 Å². The summed E-state index contributed by atoms with van der Waals surface area (Å²) in [5, 5.41) is 9.14. The fourth-order valence-corrected chi connectivity index (χ4v) is 0.951. The third-order valence-corrected chi connectivity index (χ3v) is 1.71. The molecular formula is C9H10ClF2NO. The van der Waals surface area contributed by atoms with Crippen molar-refractivity contribution in [3.8, 4) is 5.75 Å². The molecule has 0 bridgehead atoms. The number of phenolic OH excluding ortho intramolecular Hbond substituents is 1. The summed E-state index contributed by atoms with van der Waals surface area (Å²) in [7, 11) is 0. The van der Waals surface area contributed by atoms with Gasteiger partial charge in [0.15, 0.2) is 11.6 Å². The van der Waals surface area contributed by atoms with Gasteiger partial charge in [0, 0.05) is 5.56 Å². The van der Waals surface area contributed by atoms with Crippen LogP contribution in [0.25, 0.3) is 0 Å². The summed E-state index contributed by atoms with van der Waals surface area (Å²) in [4.78, 5) is 0. The Morgan fingerprint density at radius 2 is 2.00 bits per heavy atom. The van der Waals surface area contributed by atoms with E-state index < -0.39 is 23.4 Å². The van der Waals surface area contributed by atoms with E-state index in [-0.39, 0.29) is 18.0 Å². The highest BCUT2D eigenvalue weighted by molar-refractivity contribution is 5.85. The Hall–Kier alpha value is -1.13. The number of rotatable bonds is 2. The van der Waals surface area contributed by atoms with Gasteiger partial charge >= 0.3 is 0 Å². The van der Waals surface area contributed by atoms with Crippen LogP contribution in [0.4, 0.5) is 8.78 Å². The third-order valence-electron chi connectivity index (χ3n) is 1.71. The molecule has 0 aliphatic rings. The van der Waals surface area contributed by atoms with Crippen molar-refractivity contribution in [2.24, 2.45) is 5.73 Å². The van der Waals surface area contributed by atoms with Gasteiger partial charge < -0.3 is 10.8 Å². The molecule has 0 amide bonds. The van der Waals surface area contributed by atoms with E-state index >= 15 is 0 Å². The van der Waals surface area contributed by atoms with Gasteiger partial charge in [-0.05, 0) is 6.07 Å². The minimum atomic E-state index is -1.28. The van der Waals surface area contributed by atoms with Crippen LogP contribution in [0, 0.1) is 11.6 Å². The summed E-state index contributed by atoms with van der Waals surface area (Å²) in [6.07, 6.45) is 1.33. The van der Waals surface area contributed by atoms with Gasteiger partial charge in [-0.3, -0.25) is 0 Å². The van der Waals surface area contributed by atoms with Gasteiger partial charge in [-0.15, -0.1) is 19.0 Å². The highest BCUT2D eigenvalue weighted by atomic mass is 35.5. The monoisotopic (exact) mass is 221 g/mol. The number of nitrogens with two attached hydrogens (primary N) is 1. The molecule has 1 rings (SSSR count). The molecule has 0 radical (unpaired) electrons. The summed E-state index contributed by atoms with van der Waals surface area (Å²) in [5.41, 5.74) is 5.57. The van der Waals surface area contributed by atoms with E-state index in [1.54, 1.807) is 0 Å². The maximum Gasteiger partial charge on any atom is 0.200 e. The van der Waals surface area contributed by atoms with Crippen molar-refractivity contribution in [3.63, 3.8) is 0 Å². The smallest absolute Gasteiger partial charge is 0.200 e. The average Bonchev–Trinajstić information content (AvgIpc) is 2.13. The fourth-order valence-electron chi connectivity index (χ4n) is 0.951. The molecule has 5 heteroatoms. The number of hydrogen-bond donors (Lipinski definition) is 2. The van der Waals surface area contributed by atoms with Crippen LogP contribution in [0.15, 0.2) is 24.8 Å². The minimum Gasteiger partial charge on any atom is -0.505 e. The molecule has 0 aliphatic carbocycles. The largest absolute Gasteiger partial charge is 0.505 e. The zero-order chi connectivity index (χ0) is 10.0. The molecule has 0 fully saturated rings. The van der Waals surface area contributed by atoms with Crippen molar-refractivity contribution < 1.29 is 13.9 Å². The normalized spacial score (nSPS) is 11.6. The van der Waals surface area contributed by atoms with E-state index in [1.807, 2.05) is 0 Å². The van der Waals surface area contributed by atoms with Crippen LogP contribution in [-0.2, 0) is 0 Å².